The molecular weight excluding hydrogens is 494 g/mol. The number of para-hydroxylation sites is 2. The number of anilines is 2. The second kappa shape index (κ2) is 10.3. The highest BCUT2D eigenvalue weighted by Gasteiger charge is 2.32. The van der Waals surface area contributed by atoms with Crippen molar-refractivity contribution in [2.45, 2.75) is 31.4 Å². The van der Waals surface area contributed by atoms with E-state index in [0.29, 0.717) is 73.5 Å². The SMILES string of the molecule is O=C(N[C@H]1C[C@H](Nc2cc(-n3c(C(F)F)nc4ccccc43)nc(N3CCOCC3)n2)C1)c1ccccn1. The lowest BCUT2D eigenvalue weighted by molar-refractivity contribution is 0.0907. The molecule has 1 amide bonds. The van der Waals surface area contributed by atoms with Crippen LogP contribution in [0, 0.1) is 0 Å². The Balaban J connectivity index is 1.26. The number of benzene rings is 1. The van der Waals surface area contributed by atoms with Crippen LogP contribution in [0.15, 0.2) is 54.7 Å². The number of amides is 1. The van der Waals surface area contributed by atoms with Gasteiger partial charge >= 0.3 is 0 Å². The van der Waals surface area contributed by atoms with E-state index in [1.54, 1.807) is 54.7 Å². The van der Waals surface area contributed by atoms with Crippen molar-refractivity contribution in [2.75, 3.05) is 36.5 Å². The first kappa shape index (κ1) is 24.2. The van der Waals surface area contributed by atoms with Gasteiger partial charge in [0.15, 0.2) is 5.82 Å². The number of imidazole rings is 1. The molecule has 4 aromatic rings. The highest BCUT2D eigenvalue weighted by molar-refractivity contribution is 5.92. The summed E-state index contributed by atoms with van der Waals surface area (Å²) >= 11 is 0. The molecule has 2 N–H and O–H groups in total. The Morgan fingerprint density at radius 2 is 1.79 bits per heavy atom. The molecule has 1 saturated heterocycles. The first-order valence-corrected chi connectivity index (χ1v) is 12.5. The standard InChI is InChI=1S/C26H26F2N8O2/c27-23(28)24-32-18-5-1-2-7-20(18)36(24)22-15-21(33-26(34-22)35-9-11-38-12-10-35)30-16-13-17(14-16)31-25(37)19-6-3-4-8-29-19/h1-8,15-17,23H,9-14H2,(H,31,37)(H,30,33,34)/t16-,17-. The molecule has 0 radical (unpaired) electrons. The average Bonchev–Trinajstić information content (AvgIpc) is 3.33. The lowest BCUT2D eigenvalue weighted by Gasteiger charge is -2.36. The van der Waals surface area contributed by atoms with Crippen LogP contribution in [0.5, 0.6) is 0 Å². The van der Waals surface area contributed by atoms with Crippen LogP contribution in [0.1, 0.15) is 35.6 Å². The number of pyridine rings is 1. The molecule has 4 heterocycles. The fraction of sp³-hybridized carbons (Fsp3) is 0.346. The van der Waals surface area contributed by atoms with E-state index in [1.807, 2.05) is 4.90 Å². The van der Waals surface area contributed by atoms with Crippen LogP contribution in [-0.2, 0) is 4.74 Å². The Hall–Kier alpha value is -4.19. The van der Waals surface area contributed by atoms with Gasteiger partial charge in [-0.1, -0.05) is 18.2 Å². The summed E-state index contributed by atoms with van der Waals surface area (Å²) in [4.78, 5) is 32.0. The summed E-state index contributed by atoms with van der Waals surface area (Å²) in [6.45, 7) is 2.26. The van der Waals surface area contributed by atoms with Gasteiger partial charge in [-0.3, -0.25) is 14.3 Å². The van der Waals surface area contributed by atoms with Gasteiger partial charge < -0.3 is 20.3 Å². The highest BCUT2D eigenvalue weighted by atomic mass is 19.3. The molecule has 0 atom stereocenters. The summed E-state index contributed by atoms with van der Waals surface area (Å²) in [7, 11) is 0. The van der Waals surface area contributed by atoms with Crippen molar-refractivity contribution in [3.8, 4) is 5.82 Å². The van der Waals surface area contributed by atoms with E-state index < -0.39 is 6.43 Å². The smallest absolute Gasteiger partial charge is 0.296 e. The third kappa shape index (κ3) is 4.86. The van der Waals surface area contributed by atoms with Crippen molar-refractivity contribution in [2.24, 2.45) is 0 Å². The van der Waals surface area contributed by atoms with Crippen LogP contribution in [0.4, 0.5) is 20.5 Å². The van der Waals surface area contributed by atoms with E-state index in [2.05, 4.69) is 25.6 Å². The molecule has 10 nitrogen and oxygen atoms in total. The Morgan fingerprint density at radius 1 is 1.00 bits per heavy atom. The molecule has 2 aliphatic rings. The Labute approximate surface area is 217 Å². The highest BCUT2D eigenvalue weighted by Crippen LogP contribution is 2.30. The number of rotatable bonds is 7. The minimum atomic E-state index is -2.78. The minimum Gasteiger partial charge on any atom is -0.378 e. The number of fused-ring (bicyclic) bond motifs is 1. The molecule has 6 rings (SSSR count). The van der Waals surface area contributed by atoms with E-state index in [-0.39, 0.29) is 23.8 Å². The molecule has 0 unspecified atom stereocenters. The zero-order valence-electron chi connectivity index (χ0n) is 20.4. The van der Waals surface area contributed by atoms with Crippen molar-refractivity contribution < 1.29 is 18.3 Å². The third-order valence-corrected chi connectivity index (χ3v) is 6.73. The second-order valence-electron chi connectivity index (χ2n) is 9.30. The van der Waals surface area contributed by atoms with Crippen LogP contribution in [0.2, 0.25) is 0 Å². The largest absolute Gasteiger partial charge is 0.378 e. The fourth-order valence-corrected chi connectivity index (χ4v) is 4.77. The average molecular weight is 521 g/mol. The summed E-state index contributed by atoms with van der Waals surface area (Å²) < 4.78 is 34.9. The zero-order valence-corrected chi connectivity index (χ0v) is 20.4. The van der Waals surface area contributed by atoms with E-state index in [1.165, 1.54) is 4.57 Å². The normalized spacial score (nSPS) is 19.4. The van der Waals surface area contributed by atoms with Gasteiger partial charge in [0.2, 0.25) is 5.95 Å². The number of hydrogen-bond acceptors (Lipinski definition) is 8. The molecule has 12 heteroatoms. The van der Waals surface area contributed by atoms with Crippen LogP contribution >= 0.6 is 0 Å². The minimum absolute atomic E-state index is 0.00468. The summed E-state index contributed by atoms with van der Waals surface area (Å²) in [6.07, 6.45) is 0.194. The summed E-state index contributed by atoms with van der Waals surface area (Å²) in [5.74, 6) is 0.691. The van der Waals surface area contributed by atoms with Gasteiger partial charge in [0, 0.05) is 37.4 Å². The second-order valence-corrected chi connectivity index (χ2v) is 9.30. The number of aromatic nitrogens is 5. The van der Waals surface area contributed by atoms with E-state index >= 15 is 0 Å². The van der Waals surface area contributed by atoms with Gasteiger partial charge in [-0.2, -0.15) is 9.97 Å². The summed E-state index contributed by atoms with van der Waals surface area (Å²) in [5, 5.41) is 6.40. The lowest BCUT2D eigenvalue weighted by atomic mass is 9.86. The maximum absolute atomic E-state index is 14.0. The first-order chi connectivity index (χ1) is 18.5. The Morgan fingerprint density at radius 3 is 2.55 bits per heavy atom. The molecule has 3 aromatic heterocycles. The molecule has 0 bridgehead atoms. The molecular formula is C26H26F2N8O2. The number of alkyl halides is 2. The van der Waals surface area contributed by atoms with Crippen molar-refractivity contribution >= 4 is 28.7 Å². The number of morpholine rings is 1. The van der Waals surface area contributed by atoms with Gasteiger partial charge in [0.25, 0.3) is 12.3 Å². The van der Waals surface area contributed by atoms with Gasteiger partial charge in [0.1, 0.15) is 17.3 Å². The quantitative estimate of drug-likeness (QED) is 0.382. The van der Waals surface area contributed by atoms with Gasteiger partial charge in [-0.15, -0.1) is 0 Å². The summed E-state index contributed by atoms with van der Waals surface area (Å²) in [5.41, 5.74) is 1.39. The van der Waals surface area contributed by atoms with Crippen LogP contribution in [0.3, 0.4) is 0 Å². The molecule has 196 valence electrons. The zero-order chi connectivity index (χ0) is 26.1. The molecule has 1 aromatic carbocycles. The number of hydrogen-bond donors (Lipinski definition) is 2. The van der Waals surface area contributed by atoms with E-state index in [9.17, 15) is 13.6 Å². The van der Waals surface area contributed by atoms with Crippen LogP contribution in [-0.4, -0.2) is 68.8 Å². The van der Waals surface area contributed by atoms with Crippen LogP contribution in [0.25, 0.3) is 16.9 Å². The van der Waals surface area contributed by atoms with Crippen LogP contribution < -0.4 is 15.5 Å². The topological polar surface area (TPSA) is 110 Å². The number of nitrogens with zero attached hydrogens (tertiary/aromatic N) is 6. The molecule has 1 aliphatic carbocycles. The molecule has 38 heavy (non-hydrogen) atoms. The van der Waals surface area contributed by atoms with E-state index in [0.717, 1.165) is 0 Å². The van der Waals surface area contributed by atoms with Crippen molar-refractivity contribution in [1.82, 2.24) is 29.8 Å². The molecule has 2 fully saturated rings. The Kier molecular flexibility index (Phi) is 6.54. The molecule has 1 saturated carbocycles. The maximum Gasteiger partial charge on any atom is 0.296 e. The van der Waals surface area contributed by atoms with Gasteiger partial charge in [-0.25, -0.2) is 13.8 Å². The van der Waals surface area contributed by atoms with Gasteiger partial charge in [-0.05, 0) is 37.1 Å². The Bertz CT molecular complexity index is 1440. The maximum atomic E-state index is 14.0. The number of carbonyl (C=O) groups excluding carboxylic acids is 1. The number of ether oxygens (including phenoxy) is 1. The summed E-state index contributed by atoms with van der Waals surface area (Å²) in [6, 6.07) is 13.9. The molecule has 0 spiro atoms. The monoisotopic (exact) mass is 520 g/mol. The molecule has 1 aliphatic heterocycles. The van der Waals surface area contributed by atoms with Gasteiger partial charge in [0.05, 0.1) is 24.2 Å². The number of halogens is 2. The predicted octanol–water partition coefficient (Wildman–Crippen LogP) is 3.36. The van der Waals surface area contributed by atoms with Crippen molar-refractivity contribution in [1.29, 1.82) is 0 Å². The first-order valence-electron chi connectivity index (χ1n) is 12.5. The number of carbonyl (C=O) groups is 1. The number of nitrogens with one attached hydrogen (secondary N) is 2. The fourth-order valence-electron chi connectivity index (χ4n) is 4.77. The predicted molar refractivity (Wildman–Crippen MR) is 137 cm³/mol. The van der Waals surface area contributed by atoms with Crippen molar-refractivity contribution in [3.63, 3.8) is 0 Å². The van der Waals surface area contributed by atoms with Crippen molar-refractivity contribution in [3.05, 3.63) is 66.2 Å². The third-order valence-electron chi connectivity index (χ3n) is 6.73. The van der Waals surface area contributed by atoms with E-state index in [4.69, 9.17) is 9.72 Å². The lowest BCUT2D eigenvalue weighted by Crippen LogP contribution is -2.50.